The molecular weight excluding hydrogens is 238 g/mol. The molecule has 1 aliphatic heterocycles. The second-order valence-electron chi connectivity index (χ2n) is 6.14. The summed E-state index contributed by atoms with van der Waals surface area (Å²) in [6.45, 7) is 2.75. The molecule has 1 atom stereocenters. The molecule has 1 heterocycles. The fourth-order valence-electron chi connectivity index (χ4n) is 3.45. The van der Waals surface area contributed by atoms with Crippen LogP contribution >= 0.6 is 0 Å². The zero-order valence-electron chi connectivity index (χ0n) is 12.3. The van der Waals surface area contributed by atoms with Gasteiger partial charge in [0.15, 0.2) is 0 Å². The van der Waals surface area contributed by atoms with Crippen molar-refractivity contribution in [3.63, 3.8) is 0 Å². The Hall–Kier alpha value is -0.770. The summed E-state index contributed by atoms with van der Waals surface area (Å²) in [7, 11) is 1.97. The van der Waals surface area contributed by atoms with Crippen LogP contribution < -0.4 is 10.6 Å². The van der Waals surface area contributed by atoms with Gasteiger partial charge in [-0.3, -0.25) is 0 Å². The molecule has 19 heavy (non-hydrogen) atoms. The number of piperidine rings is 1. The van der Waals surface area contributed by atoms with Crippen molar-refractivity contribution in [1.82, 2.24) is 15.5 Å². The van der Waals surface area contributed by atoms with Gasteiger partial charge in [-0.1, -0.05) is 25.7 Å². The van der Waals surface area contributed by atoms with E-state index in [1.807, 2.05) is 11.9 Å². The van der Waals surface area contributed by atoms with E-state index >= 15 is 0 Å². The minimum Gasteiger partial charge on any atom is -0.334 e. The summed E-state index contributed by atoms with van der Waals surface area (Å²) in [5, 5.41) is 6.46. The number of amides is 2. The highest BCUT2D eigenvalue weighted by Gasteiger charge is 2.23. The van der Waals surface area contributed by atoms with E-state index in [4.69, 9.17) is 0 Å². The summed E-state index contributed by atoms with van der Waals surface area (Å²) in [5.74, 6) is 0.819. The lowest BCUT2D eigenvalue weighted by Gasteiger charge is -2.30. The number of carbonyl (C=O) groups is 1. The molecular formula is C15H29N3O. The van der Waals surface area contributed by atoms with E-state index in [2.05, 4.69) is 10.6 Å². The van der Waals surface area contributed by atoms with Gasteiger partial charge in [-0.2, -0.15) is 0 Å². The van der Waals surface area contributed by atoms with E-state index in [0.29, 0.717) is 6.04 Å². The summed E-state index contributed by atoms with van der Waals surface area (Å²) >= 11 is 0. The van der Waals surface area contributed by atoms with Crippen LogP contribution in [0.15, 0.2) is 0 Å². The average Bonchev–Trinajstić information content (AvgIpc) is 2.93. The minimum absolute atomic E-state index is 0.151. The number of urea groups is 1. The Balaban J connectivity index is 1.78. The first-order valence-electron chi connectivity index (χ1n) is 7.99. The number of likely N-dealkylation sites (N-methyl/N-ethyl adjacent to an activating group) is 1. The second kappa shape index (κ2) is 7.73. The standard InChI is InChI=1S/C15H29N3O/c1-16-12-14(11-13-7-3-4-8-13)17-15(19)18-9-5-2-6-10-18/h13-14,16H,2-12H2,1H3,(H,17,19). The van der Waals surface area contributed by atoms with Crippen molar-refractivity contribution in [2.24, 2.45) is 5.92 Å². The summed E-state index contributed by atoms with van der Waals surface area (Å²) in [5.41, 5.74) is 0. The number of likely N-dealkylation sites (tertiary alicyclic amines) is 1. The van der Waals surface area contributed by atoms with Gasteiger partial charge in [0.2, 0.25) is 0 Å². The Morgan fingerprint density at radius 1 is 1.16 bits per heavy atom. The van der Waals surface area contributed by atoms with Crippen LogP contribution in [0.25, 0.3) is 0 Å². The molecule has 2 amide bonds. The number of hydrogen-bond donors (Lipinski definition) is 2. The lowest BCUT2D eigenvalue weighted by atomic mass is 9.98. The van der Waals surface area contributed by atoms with Gasteiger partial charge in [0.1, 0.15) is 0 Å². The van der Waals surface area contributed by atoms with Gasteiger partial charge in [0.25, 0.3) is 0 Å². The number of nitrogens with zero attached hydrogens (tertiary/aromatic N) is 1. The van der Waals surface area contributed by atoms with E-state index in [1.54, 1.807) is 0 Å². The predicted molar refractivity (Wildman–Crippen MR) is 78.2 cm³/mol. The molecule has 0 spiro atoms. The summed E-state index contributed by atoms with van der Waals surface area (Å²) in [6, 6.07) is 0.445. The topological polar surface area (TPSA) is 44.4 Å². The molecule has 4 nitrogen and oxygen atoms in total. The van der Waals surface area contributed by atoms with Crippen molar-refractivity contribution in [1.29, 1.82) is 0 Å². The number of rotatable bonds is 5. The molecule has 1 saturated carbocycles. The van der Waals surface area contributed by atoms with Crippen LogP contribution in [0.1, 0.15) is 51.4 Å². The SMILES string of the molecule is CNCC(CC1CCCC1)NC(=O)N1CCCCC1. The molecule has 0 bridgehead atoms. The molecule has 0 aromatic heterocycles. The maximum atomic E-state index is 12.2. The third-order valence-corrected chi connectivity index (χ3v) is 4.51. The van der Waals surface area contributed by atoms with Crippen molar-refractivity contribution in [2.45, 2.75) is 57.4 Å². The van der Waals surface area contributed by atoms with Crippen molar-refractivity contribution < 1.29 is 4.79 Å². The lowest BCUT2D eigenvalue weighted by Crippen LogP contribution is -2.49. The van der Waals surface area contributed by atoms with E-state index in [0.717, 1.165) is 44.8 Å². The molecule has 2 aliphatic rings. The highest BCUT2D eigenvalue weighted by Crippen LogP contribution is 2.28. The molecule has 2 rings (SSSR count). The first-order chi connectivity index (χ1) is 9.29. The smallest absolute Gasteiger partial charge is 0.317 e. The van der Waals surface area contributed by atoms with Crippen LogP contribution in [0.2, 0.25) is 0 Å². The van der Waals surface area contributed by atoms with Crippen LogP contribution in [0.5, 0.6) is 0 Å². The highest BCUT2D eigenvalue weighted by atomic mass is 16.2. The van der Waals surface area contributed by atoms with E-state index in [-0.39, 0.29) is 6.03 Å². The van der Waals surface area contributed by atoms with E-state index in [1.165, 1.54) is 32.1 Å². The van der Waals surface area contributed by atoms with Gasteiger partial charge >= 0.3 is 6.03 Å². The summed E-state index contributed by atoms with van der Waals surface area (Å²) in [6.07, 6.45) is 10.2. The van der Waals surface area contributed by atoms with Crippen LogP contribution in [0.4, 0.5) is 4.79 Å². The number of carbonyl (C=O) groups excluding carboxylic acids is 1. The monoisotopic (exact) mass is 267 g/mol. The first kappa shape index (κ1) is 14.6. The fraction of sp³-hybridized carbons (Fsp3) is 0.933. The van der Waals surface area contributed by atoms with Crippen LogP contribution in [-0.4, -0.2) is 43.7 Å². The van der Waals surface area contributed by atoms with Crippen molar-refractivity contribution in [3.05, 3.63) is 0 Å². The Morgan fingerprint density at radius 2 is 1.84 bits per heavy atom. The van der Waals surface area contributed by atoms with Gasteiger partial charge in [0.05, 0.1) is 0 Å². The van der Waals surface area contributed by atoms with Crippen molar-refractivity contribution in [2.75, 3.05) is 26.7 Å². The van der Waals surface area contributed by atoms with Crippen molar-refractivity contribution in [3.8, 4) is 0 Å². The molecule has 0 aromatic rings. The highest BCUT2D eigenvalue weighted by molar-refractivity contribution is 5.74. The van der Waals surface area contributed by atoms with E-state index in [9.17, 15) is 4.79 Å². The normalized spacial score (nSPS) is 22.5. The Bertz CT molecular complexity index is 271. The maximum absolute atomic E-state index is 12.2. The molecule has 2 N–H and O–H groups in total. The fourth-order valence-corrected chi connectivity index (χ4v) is 3.45. The Kier molecular flexibility index (Phi) is 5.95. The van der Waals surface area contributed by atoms with Gasteiger partial charge in [-0.25, -0.2) is 4.79 Å². The molecule has 0 aromatic carbocycles. The number of nitrogens with one attached hydrogen (secondary N) is 2. The third-order valence-electron chi connectivity index (χ3n) is 4.51. The largest absolute Gasteiger partial charge is 0.334 e. The molecule has 0 radical (unpaired) electrons. The summed E-state index contributed by atoms with van der Waals surface area (Å²) in [4.78, 5) is 14.2. The quantitative estimate of drug-likeness (QED) is 0.803. The van der Waals surface area contributed by atoms with Gasteiger partial charge in [-0.05, 0) is 38.6 Å². The molecule has 4 heteroatoms. The van der Waals surface area contributed by atoms with Gasteiger partial charge in [-0.15, -0.1) is 0 Å². The number of hydrogen-bond acceptors (Lipinski definition) is 2. The molecule has 1 aliphatic carbocycles. The summed E-state index contributed by atoms with van der Waals surface area (Å²) < 4.78 is 0. The second-order valence-corrected chi connectivity index (χ2v) is 6.14. The van der Waals surface area contributed by atoms with Gasteiger partial charge in [0, 0.05) is 25.7 Å². The van der Waals surface area contributed by atoms with E-state index < -0.39 is 0 Å². The minimum atomic E-state index is 0.151. The molecule has 2 fully saturated rings. The van der Waals surface area contributed by atoms with Crippen molar-refractivity contribution >= 4 is 6.03 Å². The maximum Gasteiger partial charge on any atom is 0.317 e. The lowest BCUT2D eigenvalue weighted by molar-refractivity contribution is 0.180. The average molecular weight is 267 g/mol. The van der Waals surface area contributed by atoms with Crippen LogP contribution in [-0.2, 0) is 0 Å². The van der Waals surface area contributed by atoms with Gasteiger partial charge < -0.3 is 15.5 Å². The molecule has 110 valence electrons. The van der Waals surface area contributed by atoms with Crippen LogP contribution in [0.3, 0.4) is 0 Å². The Labute approximate surface area is 117 Å². The predicted octanol–water partition coefficient (Wildman–Crippen LogP) is 2.35. The van der Waals surface area contributed by atoms with Crippen LogP contribution in [0, 0.1) is 5.92 Å². The zero-order chi connectivity index (χ0) is 13.5. The first-order valence-corrected chi connectivity index (χ1v) is 7.99. The third kappa shape index (κ3) is 4.68. The zero-order valence-corrected chi connectivity index (χ0v) is 12.3. The molecule has 1 unspecified atom stereocenters. The molecule has 1 saturated heterocycles. The Morgan fingerprint density at radius 3 is 2.47 bits per heavy atom.